The SMILES string of the molecule is CC1(C)CC(C)(C)CC(O)(C2(C#N)CC3CCC2C3)C1. The highest BCUT2D eigenvalue weighted by Gasteiger charge is 2.65. The van der Waals surface area contributed by atoms with Crippen LogP contribution >= 0.6 is 0 Å². The van der Waals surface area contributed by atoms with E-state index in [-0.39, 0.29) is 10.8 Å². The molecule has 3 atom stereocenters. The van der Waals surface area contributed by atoms with Crippen LogP contribution in [0.2, 0.25) is 0 Å². The third kappa shape index (κ3) is 1.93. The first kappa shape index (κ1) is 14.4. The Morgan fingerprint density at radius 2 is 1.60 bits per heavy atom. The molecular formula is C18H29NO. The van der Waals surface area contributed by atoms with Crippen LogP contribution in [0.5, 0.6) is 0 Å². The van der Waals surface area contributed by atoms with Crippen molar-refractivity contribution in [2.45, 2.75) is 78.2 Å². The molecule has 0 radical (unpaired) electrons. The Morgan fingerprint density at radius 1 is 1.00 bits per heavy atom. The van der Waals surface area contributed by atoms with Gasteiger partial charge in [-0.25, -0.2) is 0 Å². The Morgan fingerprint density at radius 3 is 2.00 bits per heavy atom. The number of aliphatic hydroxyl groups is 1. The van der Waals surface area contributed by atoms with Gasteiger partial charge in [-0.05, 0) is 61.2 Å². The van der Waals surface area contributed by atoms with Crippen molar-refractivity contribution in [2.24, 2.45) is 28.1 Å². The smallest absolute Gasteiger partial charge is 0.0891 e. The Bertz CT molecular complexity index is 443. The van der Waals surface area contributed by atoms with Crippen molar-refractivity contribution in [1.82, 2.24) is 0 Å². The van der Waals surface area contributed by atoms with Gasteiger partial charge in [0.1, 0.15) is 0 Å². The summed E-state index contributed by atoms with van der Waals surface area (Å²) in [6, 6.07) is 2.64. The van der Waals surface area contributed by atoms with E-state index < -0.39 is 11.0 Å². The molecule has 0 aliphatic heterocycles. The van der Waals surface area contributed by atoms with Gasteiger partial charge < -0.3 is 5.11 Å². The van der Waals surface area contributed by atoms with Gasteiger partial charge in [-0.3, -0.25) is 0 Å². The van der Waals surface area contributed by atoms with Gasteiger partial charge in [0.25, 0.3) is 0 Å². The van der Waals surface area contributed by atoms with E-state index in [1.165, 1.54) is 12.8 Å². The average Bonchev–Trinajstić information content (AvgIpc) is 2.83. The van der Waals surface area contributed by atoms with E-state index in [0.29, 0.717) is 11.8 Å². The number of hydrogen-bond acceptors (Lipinski definition) is 2. The van der Waals surface area contributed by atoms with Gasteiger partial charge in [-0.1, -0.05) is 34.1 Å². The maximum absolute atomic E-state index is 11.6. The van der Waals surface area contributed by atoms with Crippen LogP contribution in [0.1, 0.15) is 72.6 Å². The number of fused-ring (bicyclic) bond motifs is 2. The summed E-state index contributed by atoms with van der Waals surface area (Å²) in [5.41, 5.74) is -0.998. The summed E-state index contributed by atoms with van der Waals surface area (Å²) < 4.78 is 0. The van der Waals surface area contributed by atoms with Crippen molar-refractivity contribution in [1.29, 1.82) is 5.26 Å². The largest absolute Gasteiger partial charge is 0.388 e. The Labute approximate surface area is 123 Å². The number of nitriles is 1. The first-order chi connectivity index (χ1) is 9.12. The first-order valence-electron chi connectivity index (χ1n) is 8.25. The monoisotopic (exact) mass is 275 g/mol. The minimum atomic E-state index is -0.785. The van der Waals surface area contributed by atoms with E-state index in [0.717, 1.165) is 32.1 Å². The fourth-order valence-electron chi connectivity index (χ4n) is 6.52. The van der Waals surface area contributed by atoms with Crippen LogP contribution in [0, 0.1) is 39.4 Å². The highest BCUT2D eigenvalue weighted by Crippen LogP contribution is 2.66. The molecule has 20 heavy (non-hydrogen) atoms. The molecule has 3 aliphatic rings. The third-order valence-corrected chi connectivity index (χ3v) is 6.38. The Hall–Kier alpha value is -0.550. The van der Waals surface area contributed by atoms with E-state index in [9.17, 15) is 10.4 Å². The van der Waals surface area contributed by atoms with Crippen molar-refractivity contribution >= 4 is 0 Å². The lowest BCUT2D eigenvalue weighted by molar-refractivity contribution is -0.161. The third-order valence-electron chi connectivity index (χ3n) is 6.38. The summed E-state index contributed by atoms with van der Waals surface area (Å²) >= 11 is 0. The zero-order chi connectivity index (χ0) is 14.8. The molecule has 3 aliphatic carbocycles. The van der Waals surface area contributed by atoms with E-state index in [1.54, 1.807) is 0 Å². The molecule has 3 unspecified atom stereocenters. The molecule has 0 saturated heterocycles. The van der Waals surface area contributed by atoms with Crippen molar-refractivity contribution in [3.05, 3.63) is 0 Å². The summed E-state index contributed by atoms with van der Waals surface area (Å²) in [6.07, 6.45) is 7.27. The van der Waals surface area contributed by atoms with E-state index >= 15 is 0 Å². The molecule has 1 N–H and O–H groups in total. The van der Waals surface area contributed by atoms with Crippen LogP contribution in [0.25, 0.3) is 0 Å². The zero-order valence-electron chi connectivity index (χ0n) is 13.5. The molecule has 2 heteroatoms. The number of hydrogen-bond donors (Lipinski definition) is 1. The lowest BCUT2D eigenvalue weighted by Gasteiger charge is -2.56. The molecule has 2 bridgehead atoms. The van der Waals surface area contributed by atoms with E-state index in [4.69, 9.17) is 0 Å². The normalized spacial score (nSPS) is 44.2. The molecule has 0 aromatic heterocycles. The lowest BCUT2D eigenvalue weighted by atomic mass is 9.50. The molecule has 0 spiro atoms. The second-order valence-corrected chi connectivity index (χ2v) is 9.55. The van der Waals surface area contributed by atoms with Crippen molar-refractivity contribution in [3.63, 3.8) is 0 Å². The molecule has 0 amide bonds. The van der Waals surface area contributed by atoms with Crippen molar-refractivity contribution < 1.29 is 5.11 Å². The van der Waals surface area contributed by atoms with Crippen LogP contribution in [-0.2, 0) is 0 Å². The molecule has 0 aromatic rings. The van der Waals surface area contributed by atoms with Crippen LogP contribution < -0.4 is 0 Å². The second kappa shape index (κ2) is 4.01. The molecule has 0 aromatic carbocycles. The number of nitrogens with zero attached hydrogens (tertiary/aromatic N) is 1. The fraction of sp³-hybridized carbons (Fsp3) is 0.944. The predicted molar refractivity (Wildman–Crippen MR) is 79.9 cm³/mol. The fourth-order valence-corrected chi connectivity index (χ4v) is 6.52. The van der Waals surface area contributed by atoms with Gasteiger partial charge in [0.05, 0.1) is 17.1 Å². The number of rotatable bonds is 1. The maximum Gasteiger partial charge on any atom is 0.0891 e. The van der Waals surface area contributed by atoms with Gasteiger partial charge in [0.15, 0.2) is 0 Å². The van der Waals surface area contributed by atoms with Crippen LogP contribution in [-0.4, -0.2) is 10.7 Å². The summed E-state index contributed by atoms with van der Waals surface area (Å²) in [4.78, 5) is 0. The second-order valence-electron chi connectivity index (χ2n) is 9.55. The summed E-state index contributed by atoms with van der Waals surface area (Å²) in [7, 11) is 0. The van der Waals surface area contributed by atoms with E-state index in [2.05, 4.69) is 33.8 Å². The average molecular weight is 275 g/mol. The van der Waals surface area contributed by atoms with Gasteiger partial charge >= 0.3 is 0 Å². The first-order valence-corrected chi connectivity index (χ1v) is 8.25. The maximum atomic E-state index is 11.6. The highest BCUT2D eigenvalue weighted by molar-refractivity contribution is 5.22. The molecule has 0 heterocycles. The molecule has 3 fully saturated rings. The molecule has 112 valence electrons. The summed E-state index contributed by atoms with van der Waals surface area (Å²) in [5, 5.41) is 21.6. The topological polar surface area (TPSA) is 44.0 Å². The lowest BCUT2D eigenvalue weighted by Crippen LogP contribution is -2.58. The van der Waals surface area contributed by atoms with Gasteiger partial charge in [-0.2, -0.15) is 5.26 Å². The minimum absolute atomic E-state index is 0.127. The zero-order valence-corrected chi connectivity index (χ0v) is 13.5. The quantitative estimate of drug-likeness (QED) is 0.776. The Balaban J connectivity index is 2.00. The molecule has 3 rings (SSSR count). The van der Waals surface area contributed by atoms with Crippen LogP contribution in [0.15, 0.2) is 0 Å². The molecule has 3 saturated carbocycles. The predicted octanol–water partition coefficient (Wildman–Crippen LogP) is 4.28. The molecule has 2 nitrogen and oxygen atoms in total. The standard InChI is InChI=1S/C18H29NO/c1-15(2)9-16(3,4)11-18(20,10-15)17(12-19)8-13-5-6-14(17)7-13/h13-14,20H,5-11H2,1-4H3. The molecular weight excluding hydrogens is 246 g/mol. The summed E-state index contributed by atoms with van der Waals surface area (Å²) in [5.74, 6) is 1.13. The van der Waals surface area contributed by atoms with Gasteiger partial charge in [0, 0.05) is 0 Å². The van der Waals surface area contributed by atoms with Crippen LogP contribution in [0.4, 0.5) is 0 Å². The van der Waals surface area contributed by atoms with Gasteiger partial charge in [-0.15, -0.1) is 0 Å². The van der Waals surface area contributed by atoms with Gasteiger partial charge in [0.2, 0.25) is 0 Å². The van der Waals surface area contributed by atoms with Crippen molar-refractivity contribution in [3.8, 4) is 6.07 Å². The summed E-state index contributed by atoms with van der Waals surface area (Å²) in [6.45, 7) is 9.04. The van der Waals surface area contributed by atoms with Crippen molar-refractivity contribution in [2.75, 3.05) is 0 Å². The van der Waals surface area contributed by atoms with E-state index in [1.807, 2.05) is 0 Å². The van der Waals surface area contributed by atoms with Crippen LogP contribution in [0.3, 0.4) is 0 Å². The Kier molecular flexibility index (Phi) is 2.88. The minimum Gasteiger partial charge on any atom is -0.388 e. The highest BCUT2D eigenvalue weighted by atomic mass is 16.3.